The molecule has 1 N–H and O–H groups in total. The van der Waals surface area contributed by atoms with Gasteiger partial charge in [-0.1, -0.05) is 19.9 Å². The topological polar surface area (TPSA) is 29.5 Å². The van der Waals surface area contributed by atoms with Gasteiger partial charge in [-0.2, -0.15) is 0 Å². The normalized spacial score (nSPS) is 48.0. The van der Waals surface area contributed by atoms with E-state index in [0.29, 0.717) is 16.7 Å². The minimum absolute atomic E-state index is 0.151. The Hall–Kier alpha value is -1.02. The summed E-state index contributed by atoms with van der Waals surface area (Å²) in [5, 5.41) is 10.5. The molecule has 8 atom stereocenters. The van der Waals surface area contributed by atoms with E-state index in [0.717, 1.165) is 29.4 Å². The van der Waals surface area contributed by atoms with Crippen molar-refractivity contribution in [3.05, 3.63) is 29.3 Å². The smallest absolute Gasteiger partial charge is 0.119 e. The molecule has 1 spiro atoms. The van der Waals surface area contributed by atoms with Crippen LogP contribution in [-0.4, -0.2) is 18.3 Å². The summed E-state index contributed by atoms with van der Waals surface area (Å²) in [5.74, 6) is 4.64. The number of benzene rings is 1. The molecule has 0 saturated heterocycles. The van der Waals surface area contributed by atoms with E-state index in [2.05, 4.69) is 32.0 Å². The van der Waals surface area contributed by atoms with E-state index >= 15 is 0 Å². The fraction of sp³-hybridized carbons (Fsp3) is 0.739. The lowest BCUT2D eigenvalue weighted by molar-refractivity contribution is -0.0634. The van der Waals surface area contributed by atoms with E-state index in [1.807, 2.05) is 6.92 Å². The summed E-state index contributed by atoms with van der Waals surface area (Å²) in [6, 6.07) is 6.80. The highest BCUT2D eigenvalue weighted by atomic mass is 16.5. The van der Waals surface area contributed by atoms with Crippen LogP contribution in [0.4, 0.5) is 0 Å². The quantitative estimate of drug-likeness (QED) is 0.838. The first kappa shape index (κ1) is 16.2. The zero-order valence-corrected chi connectivity index (χ0v) is 16.1. The largest absolute Gasteiger partial charge is 0.497 e. The van der Waals surface area contributed by atoms with Crippen LogP contribution in [0.1, 0.15) is 63.5 Å². The number of rotatable bonds is 2. The van der Waals surface area contributed by atoms with E-state index in [-0.39, 0.29) is 6.10 Å². The molecule has 0 unspecified atom stereocenters. The second kappa shape index (κ2) is 5.03. The van der Waals surface area contributed by atoms with Gasteiger partial charge in [0, 0.05) is 0 Å². The Morgan fingerprint density at radius 2 is 2.12 bits per heavy atom. The van der Waals surface area contributed by atoms with Crippen LogP contribution in [-0.2, 0) is 6.42 Å². The Kier molecular flexibility index (Phi) is 3.25. The lowest BCUT2D eigenvalue weighted by Gasteiger charge is -2.56. The van der Waals surface area contributed by atoms with Crippen molar-refractivity contribution in [2.75, 3.05) is 7.11 Å². The van der Waals surface area contributed by atoms with E-state index in [1.165, 1.54) is 37.7 Å². The van der Waals surface area contributed by atoms with Gasteiger partial charge in [-0.05, 0) is 103 Å². The highest BCUT2D eigenvalue weighted by Crippen LogP contribution is 2.83. The second-order valence-electron chi connectivity index (χ2n) is 9.86. The molecule has 0 amide bonds. The van der Waals surface area contributed by atoms with Crippen molar-refractivity contribution in [3.8, 4) is 5.75 Å². The van der Waals surface area contributed by atoms with Crippen LogP contribution >= 0.6 is 0 Å². The molecule has 0 aromatic heterocycles. The number of fused-ring (bicyclic) bond motifs is 3. The number of ether oxygens (including phenoxy) is 1. The maximum atomic E-state index is 10.5. The minimum Gasteiger partial charge on any atom is -0.497 e. The van der Waals surface area contributed by atoms with E-state index in [4.69, 9.17) is 4.74 Å². The molecule has 136 valence electrons. The molecule has 1 aromatic rings. The van der Waals surface area contributed by atoms with Gasteiger partial charge in [0.2, 0.25) is 0 Å². The van der Waals surface area contributed by atoms with E-state index in [1.54, 1.807) is 12.7 Å². The van der Waals surface area contributed by atoms with Gasteiger partial charge in [-0.25, -0.2) is 0 Å². The average molecular weight is 341 g/mol. The summed E-state index contributed by atoms with van der Waals surface area (Å²) in [6.45, 7) is 7.06. The standard InChI is InChI=1S/C23H32O2/c1-13-9-15-10-17(25-4)5-6-18(15)19-7-8-22(3)20(14(2)24)11-16-12-23(16,22)21(13)19/h5-6,10,13-14,16,19-21,24H,7-9,11-12H2,1-4H3/t13-,14-,16-,19-,20-,21-,22-,23-/m1/s1. The van der Waals surface area contributed by atoms with Gasteiger partial charge in [-0.15, -0.1) is 0 Å². The third-order valence-corrected chi connectivity index (χ3v) is 9.06. The van der Waals surface area contributed by atoms with Crippen LogP contribution < -0.4 is 4.74 Å². The fourth-order valence-corrected chi connectivity index (χ4v) is 8.16. The van der Waals surface area contributed by atoms with Crippen molar-refractivity contribution in [2.24, 2.45) is 34.5 Å². The number of methoxy groups -OCH3 is 1. The van der Waals surface area contributed by atoms with Crippen LogP contribution in [0, 0.1) is 34.5 Å². The monoisotopic (exact) mass is 340 g/mol. The van der Waals surface area contributed by atoms with Crippen molar-refractivity contribution >= 4 is 0 Å². The SMILES string of the molecule is COc1ccc2c(c1)C[C@@H](C)[C@@H]1[C@@H]2CC[C@]2(C)[C@@H]([C@@H](C)O)C[C@@H]3C[C@@]312. The third-order valence-electron chi connectivity index (χ3n) is 9.06. The first-order valence-electron chi connectivity index (χ1n) is 10.3. The maximum absolute atomic E-state index is 10.5. The Bertz CT molecular complexity index is 710. The number of aliphatic hydroxyl groups is 1. The Balaban J connectivity index is 1.57. The average Bonchev–Trinajstić information content (AvgIpc) is 3.23. The summed E-state index contributed by atoms with van der Waals surface area (Å²) in [7, 11) is 1.77. The summed E-state index contributed by atoms with van der Waals surface area (Å²) in [4.78, 5) is 0. The van der Waals surface area contributed by atoms with Gasteiger partial charge in [0.05, 0.1) is 13.2 Å². The van der Waals surface area contributed by atoms with Crippen LogP contribution in [0.5, 0.6) is 5.75 Å². The van der Waals surface area contributed by atoms with E-state index in [9.17, 15) is 5.11 Å². The molecule has 3 saturated carbocycles. The third kappa shape index (κ3) is 1.85. The first-order chi connectivity index (χ1) is 11.9. The van der Waals surface area contributed by atoms with Crippen LogP contribution in [0.25, 0.3) is 0 Å². The molecule has 0 bridgehead atoms. The molecule has 2 nitrogen and oxygen atoms in total. The molecule has 3 fully saturated rings. The molecule has 1 aromatic carbocycles. The van der Waals surface area contributed by atoms with Gasteiger partial charge >= 0.3 is 0 Å². The Morgan fingerprint density at radius 3 is 2.84 bits per heavy atom. The van der Waals surface area contributed by atoms with Crippen LogP contribution in [0.2, 0.25) is 0 Å². The summed E-state index contributed by atoms with van der Waals surface area (Å²) < 4.78 is 5.48. The van der Waals surface area contributed by atoms with Gasteiger partial charge in [0.15, 0.2) is 0 Å². The lowest BCUT2D eigenvalue weighted by atomic mass is 9.48. The van der Waals surface area contributed by atoms with Crippen molar-refractivity contribution in [1.29, 1.82) is 0 Å². The van der Waals surface area contributed by atoms with Crippen LogP contribution in [0.3, 0.4) is 0 Å². The Morgan fingerprint density at radius 1 is 1.32 bits per heavy atom. The molecule has 5 rings (SSSR count). The molecular weight excluding hydrogens is 308 g/mol. The maximum Gasteiger partial charge on any atom is 0.119 e. The molecule has 0 heterocycles. The van der Waals surface area contributed by atoms with Crippen molar-refractivity contribution < 1.29 is 9.84 Å². The highest BCUT2D eigenvalue weighted by Gasteiger charge is 2.77. The molecule has 4 aliphatic rings. The molecular formula is C23H32O2. The number of hydrogen-bond donors (Lipinski definition) is 1. The predicted molar refractivity (Wildman–Crippen MR) is 99.8 cm³/mol. The Labute approximate surface area is 152 Å². The minimum atomic E-state index is -0.151. The van der Waals surface area contributed by atoms with Gasteiger partial charge in [0.1, 0.15) is 5.75 Å². The van der Waals surface area contributed by atoms with Crippen molar-refractivity contribution in [3.63, 3.8) is 0 Å². The molecule has 0 radical (unpaired) electrons. The lowest BCUT2D eigenvalue weighted by Crippen LogP contribution is -2.50. The second-order valence-corrected chi connectivity index (χ2v) is 9.86. The van der Waals surface area contributed by atoms with Gasteiger partial charge in [-0.3, -0.25) is 0 Å². The van der Waals surface area contributed by atoms with Crippen molar-refractivity contribution in [2.45, 2.75) is 64.9 Å². The van der Waals surface area contributed by atoms with E-state index < -0.39 is 0 Å². The number of hydrogen-bond acceptors (Lipinski definition) is 2. The van der Waals surface area contributed by atoms with Crippen LogP contribution in [0.15, 0.2) is 18.2 Å². The first-order valence-corrected chi connectivity index (χ1v) is 10.3. The van der Waals surface area contributed by atoms with Gasteiger partial charge < -0.3 is 9.84 Å². The molecule has 25 heavy (non-hydrogen) atoms. The summed E-state index contributed by atoms with van der Waals surface area (Å²) in [5.41, 5.74) is 3.99. The molecule has 0 aliphatic heterocycles. The summed E-state index contributed by atoms with van der Waals surface area (Å²) >= 11 is 0. The number of aliphatic hydroxyl groups excluding tert-OH is 1. The predicted octanol–water partition coefficient (Wildman–Crippen LogP) is 4.79. The van der Waals surface area contributed by atoms with Gasteiger partial charge in [0.25, 0.3) is 0 Å². The molecule has 2 heteroatoms. The summed E-state index contributed by atoms with van der Waals surface area (Å²) in [6.07, 6.45) is 6.31. The zero-order chi connectivity index (χ0) is 17.6. The highest BCUT2D eigenvalue weighted by molar-refractivity contribution is 5.43. The zero-order valence-electron chi connectivity index (χ0n) is 16.1. The fourth-order valence-electron chi connectivity index (χ4n) is 8.16. The van der Waals surface area contributed by atoms with Crippen molar-refractivity contribution in [1.82, 2.24) is 0 Å². The molecule has 4 aliphatic carbocycles.